The second-order valence-corrected chi connectivity index (χ2v) is 9.32. The van der Waals surface area contributed by atoms with Crippen LogP contribution in [-0.2, 0) is 10.0 Å². The number of sulfonamides is 1. The van der Waals surface area contributed by atoms with Gasteiger partial charge in [-0.05, 0) is 36.6 Å². The Morgan fingerprint density at radius 3 is 2.71 bits per heavy atom. The number of hydrogen-bond acceptors (Lipinski definition) is 6. The zero-order valence-corrected chi connectivity index (χ0v) is 20.9. The van der Waals surface area contributed by atoms with Crippen LogP contribution >= 0.6 is 35.3 Å². The Morgan fingerprint density at radius 2 is 2.00 bits per heavy atom. The average molecular weight is 575 g/mol. The lowest BCUT2D eigenvalue weighted by Crippen LogP contribution is -2.41. The molecule has 3 aromatic rings. The van der Waals surface area contributed by atoms with Crippen LogP contribution in [0.1, 0.15) is 17.9 Å². The summed E-state index contributed by atoms with van der Waals surface area (Å²) in [5.41, 5.74) is 0. The summed E-state index contributed by atoms with van der Waals surface area (Å²) < 4.78 is 28.0. The molecule has 0 saturated heterocycles. The van der Waals surface area contributed by atoms with E-state index >= 15 is 0 Å². The summed E-state index contributed by atoms with van der Waals surface area (Å²) in [6.45, 7) is 3.30. The number of hydrogen-bond donors (Lipinski definition) is 4. The van der Waals surface area contributed by atoms with Gasteiger partial charge < -0.3 is 15.7 Å². The van der Waals surface area contributed by atoms with Crippen molar-refractivity contribution in [3.63, 3.8) is 0 Å². The molecule has 11 heteroatoms. The molecule has 2 heterocycles. The van der Waals surface area contributed by atoms with Crippen molar-refractivity contribution in [2.75, 3.05) is 26.2 Å². The van der Waals surface area contributed by atoms with Crippen LogP contribution < -0.4 is 15.4 Å². The monoisotopic (exact) mass is 575 g/mol. The number of benzene rings is 1. The minimum Gasteiger partial charge on any atom is -0.386 e. The predicted molar refractivity (Wildman–Crippen MR) is 136 cm³/mol. The number of aliphatic hydroxyl groups is 1. The third-order valence-electron chi connectivity index (χ3n) is 4.19. The van der Waals surface area contributed by atoms with Crippen LogP contribution in [0.3, 0.4) is 0 Å². The molecule has 0 bridgehead atoms. The minimum absolute atomic E-state index is 0. The average Bonchev–Trinajstić information content (AvgIpc) is 3.20. The summed E-state index contributed by atoms with van der Waals surface area (Å²) in [5, 5.41) is 17.8. The predicted octanol–water partition coefficient (Wildman–Crippen LogP) is 2.48. The van der Waals surface area contributed by atoms with E-state index < -0.39 is 16.1 Å². The Kier molecular flexibility index (Phi) is 10.1. The fourth-order valence-corrected chi connectivity index (χ4v) is 4.77. The number of nitrogens with one attached hydrogen (secondary N) is 3. The molecule has 1 atom stereocenters. The summed E-state index contributed by atoms with van der Waals surface area (Å²) in [4.78, 5) is 9.22. The molecular weight excluding hydrogens is 549 g/mol. The smallest absolute Gasteiger partial charge is 0.242 e. The molecule has 0 saturated carbocycles. The van der Waals surface area contributed by atoms with Crippen molar-refractivity contribution in [2.45, 2.75) is 17.9 Å². The fourth-order valence-electron chi connectivity index (χ4n) is 2.73. The van der Waals surface area contributed by atoms with Crippen LogP contribution in [0.15, 0.2) is 64.7 Å². The summed E-state index contributed by atoms with van der Waals surface area (Å²) in [6.07, 6.45) is 2.12. The summed E-state index contributed by atoms with van der Waals surface area (Å²) in [5.74, 6) is 0.512. The first-order valence-corrected chi connectivity index (χ1v) is 11.9. The van der Waals surface area contributed by atoms with Crippen molar-refractivity contribution in [1.29, 1.82) is 0 Å². The summed E-state index contributed by atoms with van der Waals surface area (Å²) in [6, 6.07) is 13.0. The molecule has 8 nitrogen and oxygen atoms in total. The topological polar surface area (TPSA) is 116 Å². The minimum atomic E-state index is -3.60. The van der Waals surface area contributed by atoms with Crippen LogP contribution in [0.2, 0.25) is 0 Å². The lowest BCUT2D eigenvalue weighted by Gasteiger charge is -2.13. The number of nitrogens with zero attached hydrogens (tertiary/aromatic N) is 2. The summed E-state index contributed by atoms with van der Waals surface area (Å²) in [7, 11) is -3.60. The largest absolute Gasteiger partial charge is 0.386 e. The Labute approximate surface area is 203 Å². The highest BCUT2D eigenvalue weighted by Gasteiger charge is 2.13. The van der Waals surface area contributed by atoms with E-state index in [1.165, 1.54) is 18.5 Å². The molecule has 31 heavy (non-hydrogen) atoms. The van der Waals surface area contributed by atoms with Crippen LogP contribution in [0.4, 0.5) is 0 Å². The van der Waals surface area contributed by atoms with Crippen LogP contribution in [0, 0.1) is 0 Å². The molecule has 0 aliphatic heterocycles. The lowest BCUT2D eigenvalue weighted by molar-refractivity contribution is 0.191. The van der Waals surface area contributed by atoms with Gasteiger partial charge in [0.25, 0.3) is 0 Å². The molecule has 3 rings (SSSR count). The SMILES string of the molecule is CCNC(=NCC(O)c1cc2ccccc2s1)NCCNS(=O)(=O)c1cccnc1.I. The maximum atomic E-state index is 12.2. The van der Waals surface area contributed by atoms with E-state index in [0.29, 0.717) is 19.0 Å². The Balaban J connectivity index is 0.00000341. The maximum absolute atomic E-state index is 12.2. The van der Waals surface area contributed by atoms with Gasteiger partial charge in [0.15, 0.2) is 5.96 Å². The van der Waals surface area contributed by atoms with E-state index in [1.807, 2.05) is 37.3 Å². The van der Waals surface area contributed by atoms with Gasteiger partial charge in [0.2, 0.25) is 10.0 Å². The first-order valence-electron chi connectivity index (χ1n) is 9.58. The van der Waals surface area contributed by atoms with Crippen molar-refractivity contribution in [2.24, 2.45) is 4.99 Å². The Bertz CT molecular complexity index is 1060. The molecule has 0 aliphatic rings. The number of guanidine groups is 1. The highest BCUT2D eigenvalue weighted by Crippen LogP contribution is 2.29. The van der Waals surface area contributed by atoms with Gasteiger partial charge in [0.05, 0.1) is 6.54 Å². The van der Waals surface area contributed by atoms with E-state index in [0.717, 1.165) is 15.0 Å². The van der Waals surface area contributed by atoms with Crippen molar-refractivity contribution < 1.29 is 13.5 Å². The number of aliphatic imine (C=N–C) groups is 1. The lowest BCUT2D eigenvalue weighted by atomic mass is 10.2. The number of rotatable bonds is 9. The van der Waals surface area contributed by atoms with Crippen LogP contribution in [-0.4, -0.2) is 50.6 Å². The number of pyridine rings is 1. The number of aliphatic hydroxyl groups excluding tert-OH is 1. The molecule has 0 radical (unpaired) electrons. The van der Waals surface area contributed by atoms with Gasteiger partial charge in [-0.3, -0.25) is 9.98 Å². The molecule has 0 fully saturated rings. The second-order valence-electron chi connectivity index (χ2n) is 6.44. The molecule has 4 N–H and O–H groups in total. The molecule has 1 aromatic carbocycles. The molecule has 168 valence electrons. The van der Waals surface area contributed by atoms with Gasteiger partial charge >= 0.3 is 0 Å². The third kappa shape index (κ3) is 7.38. The van der Waals surface area contributed by atoms with Gasteiger partial charge in [0.1, 0.15) is 11.0 Å². The molecular formula is C20H26IN5O3S2. The van der Waals surface area contributed by atoms with Gasteiger partial charge in [-0.1, -0.05) is 18.2 Å². The van der Waals surface area contributed by atoms with Gasteiger partial charge in [-0.25, -0.2) is 13.1 Å². The Morgan fingerprint density at radius 1 is 1.19 bits per heavy atom. The van der Waals surface area contributed by atoms with Gasteiger partial charge in [-0.2, -0.15) is 0 Å². The number of aromatic nitrogens is 1. The molecule has 0 aliphatic carbocycles. The van der Waals surface area contributed by atoms with Crippen molar-refractivity contribution in [1.82, 2.24) is 20.3 Å². The van der Waals surface area contributed by atoms with Gasteiger partial charge in [-0.15, -0.1) is 35.3 Å². The highest BCUT2D eigenvalue weighted by atomic mass is 127. The summed E-state index contributed by atoms with van der Waals surface area (Å²) >= 11 is 1.55. The van der Waals surface area contributed by atoms with Crippen molar-refractivity contribution in [3.05, 3.63) is 59.7 Å². The maximum Gasteiger partial charge on any atom is 0.242 e. The van der Waals surface area contributed by atoms with E-state index in [-0.39, 0.29) is 42.0 Å². The molecule has 0 spiro atoms. The zero-order valence-electron chi connectivity index (χ0n) is 17.0. The van der Waals surface area contributed by atoms with Crippen molar-refractivity contribution >= 4 is 61.4 Å². The fraction of sp³-hybridized carbons (Fsp3) is 0.300. The highest BCUT2D eigenvalue weighted by molar-refractivity contribution is 14.0. The van der Waals surface area contributed by atoms with Gasteiger partial charge in [0, 0.05) is 41.6 Å². The van der Waals surface area contributed by atoms with E-state index in [2.05, 4.69) is 25.3 Å². The van der Waals surface area contributed by atoms with E-state index in [1.54, 1.807) is 17.4 Å². The van der Waals surface area contributed by atoms with Crippen molar-refractivity contribution in [3.8, 4) is 0 Å². The Hall–Kier alpha value is -1.80. The normalized spacial score (nSPS) is 12.9. The van der Waals surface area contributed by atoms with E-state index in [9.17, 15) is 13.5 Å². The van der Waals surface area contributed by atoms with Crippen LogP contribution in [0.25, 0.3) is 10.1 Å². The first kappa shape index (κ1) is 25.5. The van der Waals surface area contributed by atoms with Crippen LogP contribution in [0.5, 0.6) is 0 Å². The standard InChI is InChI=1S/C20H25N5O3S2.HI/c1-2-22-20(23-10-11-25-30(27,28)16-7-5-9-21-13-16)24-14-17(26)19-12-15-6-3-4-8-18(15)29-19;/h3-9,12-13,17,25-26H,2,10-11,14H2,1H3,(H2,22,23,24);1H. The van der Waals surface area contributed by atoms with E-state index in [4.69, 9.17) is 0 Å². The molecule has 0 amide bonds. The first-order chi connectivity index (χ1) is 14.5. The third-order valence-corrected chi connectivity index (χ3v) is 6.86. The quantitative estimate of drug-likeness (QED) is 0.135. The molecule has 1 unspecified atom stereocenters. The number of thiophene rings is 1. The molecule has 2 aromatic heterocycles. The zero-order chi connectivity index (χ0) is 21.4. The second kappa shape index (κ2) is 12.3. The number of fused-ring (bicyclic) bond motifs is 1. The number of halogens is 1.